The van der Waals surface area contributed by atoms with Crippen LogP contribution in [0.3, 0.4) is 0 Å². The van der Waals surface area contributed by atoms with Crippen LogP contribution in [0.25, 0.3) is 0 Å². The van der Waals surface area contributed by atoms with Crippen LogP contribution in [-0.2, 0) is 6.54 Å². The lowest BCUT2D eigenvalue weighted by atomic mass is 10.1. The van der Waals surface area contributed by atoms with E-state index in [1.54, 1.807) is 10.9 Å². The van der Waals surface area contributed by atoms with Crippen LogP contribution in [0.5, 0.6) is 17.2 Å². The summed E-state index contributed by atoms with van der Waals surface area (Å²) in [6, 6.07) is 9.69. The van der Waals surface area contributed by atoms with E-state index < -0.39 is 10.8 Å². The van der Waals surface area contributed by atoms with Gasteiger partial charge in [-0.2, -0.15) is 5.10 Å². The molecule has 0 unspecified atom stereocenters. The van der Waals surface area contributed by atoms with Crippen molar-refractivity contribution in [2.24, 2.45) is 0 Å². The van der Waals surface area contributed by atoms with Crippen LogP contribution in [0, 0.1) is 10.1 Å². The molecule has 1 aromatic heterocycles. The van der Waals surface area contributed by atoms with Crippen LogP contribution in [-0.4, -0.2) is 40.9 Å². The smallest absolute Gasteiger partial charge is 0.311 e. The number of nitro groups is 1. The molecule has 0 spiro atoms. The molecule has 1 heterocycles. The van der Waals surface area contributed by atoms with Gasteiger partial charge in [0.2, 0.25) is 0 Å². The summed E-state index contributed by atoms with van der Waals surface area (Å²) >= 11 is 0. The normalized spacial score (nSPS) is 10.5. The summed E-state index contributed by atoms with van der Waals surface area (Å²) in [5.74, 6) is 0.935. The van der Waals surface area contributed by atoms with Crippen LogP contribution in [0.4, 0.5) is 11.4 Å². The van der Waals surface area contributed by atoms with Crippen molar-refractivity contribution in [2.75, 3.05) is 25.6 Å². The Bertz CT molecular complexity index is 1110. The lowest BCUT2D eigenvalue weighted by molar-refractivity contribution is -0.385. The zero-order valence-electron chi connectivity index (χ0n) is 18.0. The maximum absolute atomic E-state index is 12.5. The molecule has 1 amide bonds. The predicted molar refractivity (Wildman–Crippen MR) is 118 cm³/mol. The van der Waals surface area contributed by atoms with E-state index in [9.17, 15) is 14.9 Å². The molecule has 1 N–H and O–H groups in total. The highest BCUT2D eigenvalue weighted by Gasteiger charge is 2.18. The van der Waals surface area contributed by atoms with E-state index in [2.05, 4.69) is 10.4 Å². The number of hydrogen-bond donors (Lipinski definition) is 1. The quantitative estimate of drug-likeness (QED) is 0.375. The van der Waals surface area contributed by atoms with E-state index in [0.29, 0.717) is 36.9 Å². The maximum atomic E-state index is 12.5. The molecule has 3 rings (SSSR count). The molecule has 0 bridgehead atoms. The number of aromatic nitrogens is 2. The van der Waals surface area contributed by atoms with Gasteiger partial charge in [-0.15, -0.1) is 0 Å². The van der Waals surface area contributed by atoms with Gasteiger partial charge in [0, 0.05) is 17.8 Å². The van der Waals surface area contributed by atoms with Crippen molar-refractivity contribution in [3.63, 3.8) is 0 Å². The first-order valence-corrected chi connectivity index (χ1v) is 9.99. The second-order valence-corrected chi connectivity index (χ2v) is 6.67. The topological polar surface area (TPSA) is 118 Å². The van der Waals surface area contributed by atoms with E-state index >= 15 is 0 Å². The second-order valence-electron chi connectivity index (χ2n) is 6.67. The molecule has 0 aliphatic rings. The third kappa shape index (κ3) is 5.34. The van der Waals surface area contributed by atoms with Crippen molar-refractivity contribution in [1.82, 2.24) is 9.78 Å². The van der Waals surface area contributed by atoms with E-state index in [-0.39, 0.29) is 17.0 Å². The third-order valence-corrected chi connectivity index (χ3v) is 4.48. The fourth-order valence-electron chi connectivity index (χ4n) is 3.07. The first kappa shape index (κ1) is 22.6. The number of rotatable bonds is 10. The Morgan fingerprint density at radius 3 is 2.50 bits per heavy atom. The van der Waals surface area contributed by atoms with E-state index in [1.807, 2.05) is 32.0 Å². The summed E-state index contributed by atoms with van der Waals surface area (Å²) in [6.45, 7) is 5.33. The first-order valence-electron chi connectivity index (χ1n) is 9.99. The molecule has 0 saturated carbocycles. The van der Waals surface area contributed by atoms with Crippen molar-refractivity contribution in [1.29, 1.82) is 0 Å². The SMILES string of the molecule is CCOc1ccc(Cn2cc(NC(=O)c3ccc(OC)c([N+](=O)[O-])c3)cn2)cc1OCC. The number of nitro benzene ring substituents is 1. The fourth-order valence-corrected chi connectivity index (χ4v) is 3.07. The van der Waals surface area contributed by atoms with Gasteiger partial charge >= 0.3 is 5.69 Å². The highest BCUT2D eigenvalue weighted by atomic mass is 16.6. The van der Waals surface area contributed by atoms with Gasteiger partial charge in [0.1, 0.15) is 0 Å². The summed E-state index contributed by atoms with van der Waals surface area (Å²) in [6.07, 6.45) is 3.18. The largest absolute Gasteiger partial charge is 0.490 e. The summed E-state index contributed by atoms with van der Waals surface area (Å²) in [5, 5.41) is 18.1. The number of anilines is 1. The number of hydrogen-bond acceptors (Lipinski definition) is 7. The van der Waals surface area contributed by atoms with Crippen LogP contribution in [0.15, 0.2) is 48.8 Å². The van der Waals surface area contributed by atoms with Crippen LogP contribution in [0.1, 0.15) is 29.8 Å². The van der Waals surface area contributed by atoms with E-state index in [4.69, 9.17) is 14.2 Å². The highest BCUT2D eigenvalue weighted by Crippen LogP contribution is 2.29. The molecule has 0 aliphatic heterocycles. The monoisotopic (exact) mass is 440 g/mol. The average Bonchev–Trinajstić information content (AvgIpc) is 3.21. The lowest BCUT2D eigenvalue weighted by Crippen LogP contribution is -2.12. The van der Waals surface area contributed by atoms with Gasteiger partial charge in [0.25, 0.3) is 5.91 Å². The van der Waals surface area contributed by atoms with E-state index in [1.165, 1.54) is 31.5 Å². The van der Waals surface area contributed by atoms with Crippen molar-refractivity contribution in [3.05, 3.63) is 70.0 Å². The third-order valence-electron chi connectivity index (χ3n) is 4.48. The number of ether oxygens (including phenoxy) is 3. The highest BCUT2D eigenvalue weighted by molar-refractivity contribution is 6.04. The van der Waals surface area contributed by atoms with Gasteiger partial charge < -0.3 is 19.5 Å². The van der Waals surface area contributed by atoms with Crippen LogP contribution < -0.4 is 19.5 Å². The number of benzene rings is 2. The van der Waals surface area contributed by atoms with Crippen LogP contribution >= 0.6 is 0 Å². The molecular formula is C22H24N4O6. The Labute approximate surface area is 184 Å². The minimum absolute atomic E-state index is 0.0844. The van der Waals surface area contributed by atoms with Crippen LogP contribution in [0.2, 0.25) is 0 Å². The molecule has 0 fully saturated rings. The molecule has 0 saturated heterocycles. The van der Waals surface area contributed by atoms with Gasteiger partial charge in [-0.1, -0.05) is 6.07 Å². The molecule has 10 heteroatoms. The van der Waals surface area contributed by atoms with Gasteiger partial charge in [0.05, 0.1) is 43.7 Å². The number of amides is 1. The summed E-state index contributed by atoms with van der Waals surface area (Å²) in [4.78, 5) is 23.1. The number of carbonyl (C=O) groups excluding carboxylic acids is 1. The van der Waals surface area contributed by atoms with E-state index in [0.717, 1.165) is 5.56 Å². The first-order chi connectivity index (χ1) is 15.4. The Morgan fingerprint density at radius 2 is 1.81 bits per heavy atom. The van der Waals surface area contributed by atoms with Gasteiger partial charge in [-0.3, -0.25) is 19.6 Å². The molecule has 0 aliphatic carbocycles. The summed E-state index contributed by atoms with van der Waals surface area (Å²) in [5.41, 5.74) is 1.27. The average molecular weight is 440 g/mol. The molecule has 0 atom stereocenters. The van der Waals surface area contributed by atoms with Crippen molar-refractivity contribution in [3.8, 4) is 17.2 Å². The van der Waals surface area contributed by atoms with Gasteiger partial charge in [-0.05, 0) is 43.7 Å². The maximum Gasteiger partial charge on any atom is 0.311 e. The molecule has 0 radical (unpaired) electrons. The number of nitrogens with one attached hydrogen (secondary N) is 1. The number of methoxy groups -OCH3 is 1. The zero-order valence-corrected chi connectivity index (χ0v) is 18.0. The lowest BCUT2D eigenvalue weighted by Gasteiger charge is -2.12. The minimum atomic E-state index is -0.596. The molecule has 2 aromatic carbocycles. The summed E-state index contributed by atoms with van der Waals surface area (Å²) < 4.78 is 17.9. The van der Waals surface area contributed by atoms with Gasteiger partial charge in [0.15, 0.2) is 17.2 Å². The van der Waals surface area contributed by atoms with Gasteiger partial charge in [-0.25, -0.2) is 0 Å². The van der Waals surface area contributed by atoms with Crippen molar-refractivity contribution < 1.29 is 23.9 Å². The zero-order chi connectivity index (χ0) is 23.1. The summed E-state index contributed by atoms with van der Waals surface area (Å²) in [7, 11) is 1.33. The van der Waals surface area contributed by atoms with Crippen molar-refractivity contribution >= 4 is 17.3 Å². The molecule has 168 valence electrons. The molecular weight excluding hydrogens is 416 g/mol. The Balaban J connectivity index is 1.71. The fraction of sp³-hybridized carbons (Fsp3) is 0.273. The Morgan fingerprint density at radius 1 is 1.09 bits per heavy atom. The number of carbonyl (C=O) groups is 1. The predicted octanol–water partition coefficient (Wildman–Crippen LogP) is 3.90. The Kier molecular flexibility index (Phi) is 7.27. The standard InChI is InChI=1S/C22H24N4O6/c1-4-31-20-8-6-15(10-21(20)32-5-2)13-25-14-17(12-23-25)24-22(27)16-7-9-19(30-3)18(11-16)26(28)29/h6-12,14H,4-5,13H2,1-3H3,(H,24,27). The van der Waals surface area contributed by atoms with Crippen molar-refractivity contribution in [2.45, 2.75) is 20.4 Å². The number of nitrogens with zero attached hydrogens (tertiary/aromatic N) is 3. The second kappa shape index (κ2) is 10.3. The molecule has 10 nitrogen and oxygen atoms in total. The Hall–Kier alpha value is -4.08. The molecule has 32 heavy (non-hydrogen) atoms. The molecule has 3 aromatic rings. The minimum Gasteiger partial charge on any atom is -0.490 e.